The molecule has 4 N–H and O–H groups in total. The fourth-order valence-electron chi connectivity index (χ4n) is 1.98. The number of phenolic OH excluding ortho intramolecular Hbond substituents is 1. The molecule has 0 saturated carbocycles. The molecule has 0 aliphatic rings. The molecule has 0 heterocycles. The van der Waals surface area contributed by atoms with Gasteiger partial charge in [-0.2, -0.15) is 0 Å². The molecule has 21 heavy (non-hydrogen) atoms. The van der Waals surface area contributed by atoms with E-state index in [0.29, 0.717) is 6.54 Å². The van der Waals surface area contributed by atoms with Crippen LogP contribution in [-0.2, 0) is 0 Å². The van der Waals surface area contributed by atoms with E-state index in [4.69, 9.17) is 22.1 Å². The highest BCUT2D eigenvalue weighted by Crippen LogP contribution is 2.39. The zero-order valence-electron chi connectivity index (χ0n) is 12.6. The number of aromatic hydroxyl groups is 1. The SMILES string of the molecule is CCN(CC)CCNC(=O)c1c(OC)cc(N)c(Cl)c1O. The Morgan fingerprint density at radius 2 is 2.10 bits per heavy atom. The molecule has 7 heteroatoms. The van der Waals surface area contributed by atoms with Gasteiger partial charge < -0.3 is 25.8 Å². The molecule has 0 unspecified atom stereocenters. The number of ether oxygens (including phenoxy) is 1. The number of halogens is 1. The van der Waals surface area contributed by atoms with Gasteiger partial charge in [0.25, 0.3) is 5.91 Å². The van der Waals surface area contributed by atoms with Crippen molar-refractivity contribution in [3.05, 3.63) is 16.7 Å². The topological polar surface area (TPSA) is 87.8 Å². The van der Waals surface area contributed by atoms with Gasteiger partial charge in [-0.25, -0.2) is 0 Å². The van der Waals surface area contributed by atoms with E-state index in [-0.39, 0.29) is 27.8 Å². The minimum absolute atomic E-state index is 0.00348. The summed E-state index contributed by atoms with van der Waals surface area (Å²) in [5.74, 6) is -0.623. The van der Waals surface area contributed by atoms with Crippen molar-refractivity contribution < 1.29 is 14.6 Å². The molecule has 1 rings (SSSR count). The highest BCUT2D eigenvalue weighted by molar-refractivity contribution is 6.35. The lowest BCUT2D eigenvalue weighted by atomic mass is 10.1. The van der Waals surface area contributed by atoms with E-state index in [1.165, 1.54) is 13.2 Å². The smallest absolute Gasteiger partial charge is 0.258 e. The highest BCUT2D eigenvalue weighted by atomic mass is 35.5. The van der Waals surface area contributed by atoms with Crippen LogP contribution in [0.25, 0.3) is 0 Å². The summed E-state index contributed by atoms with van der Waals surface area (Å²) in [7, 11) is 1.40. The second-order valence-corrected chi connectivity index (χ2v) is 4.87. The fourth-order valence-corrected chi connectivity index (χ4v) is 2.13. The number of amides is 1. The van der Waals surface area contributed by atoms with Gasteiger partial charge in [0.05, 0.1) is 12.8 Å². The third-order valence-electron chi connectivity index (χ3n) is 3.29. The summed E-state index contributed by atoms with van der Waals surface area (Å²) in [6.07, 6.45) is 0. The van der Waals surface area contributed by atoms with Gasteiger partial charge in [0, 0.05) is 19.2 Å². The monoisotopic (exact) mass is 315 g/mol. The van der Waals surface area contributed by atoms with Gasteiger partial charge in [0.2, 0.25) is 0 Å². The molecule has 0 fully saturated rings. The number of benzene rings is 1. The molecule has 1 amide bonds. The Hall–Kier alpha value is -1.66. The van der Waals surface area contributed by atoms with Gasteiger partial charge in [-0.3, -0.25) is 4.79 Å². The molecular weight excluding hydrogens is 294 g/mol. The zero-order chi connectivity index (χ0) is 16.0. The van der Waals surface area contributed by atoms with Crippen molar-refractivity contribution in [3.63, 3.8) is 0 Å². The average Bonchev–Trinajstić information content (AvgIpc) is 2.48. The molecule has 0 aliphatic carbocycles. The predicted molar refractivity (Wildman–Crippen MR) is 84.2 cm³/mol. The van der Waals surface area contributed by atoms with Crippen molar-refractivity contribution in [1.29, 1.82) is 0 Å². The van der Waals surface area contributed by atoms with Crippen molar-refractivity contribution in [1.82, 2.24) is 10.2 Å². The summed E-state index contributed by atoms with van der Waals surface area (Å²) in [6.45, 7) is 7.12. The van der Waals surface area contributed by atoms with Crippen LogP contribution >= 0.6 is 11.6 Å². The fraction of sp³-hybridized carbons (Fsp3) is 0.500. The number of nitrogens with two attached hydrogens (primary N) is 1. The molecule has 0 aliphatic heterocycles. The van der Waals surface area contributed by atoms with E-state index in [1.54, 1.807) is 0 Å². The van der Waals surface area contributed by atoms with Crippen molar-refractivity contribution in [2.24, 2.45) is 0 Å². The standard InChI is InChI=1S/C14H22ClN3O3/c1-4-18(5-2)7-6-17-14(20)11-10(21-3)8-9(16)12(15)13(11)19/h8,19H,4-7,16H2,1-3H3,(H,17,20). The normalized spacial score (nSPS) is 10.7. The lowest BCUT2D eigenvalue weighted by Crippen LogP contribution is -2.35. The Kier molecular flexibility index (Phi) is 6.58. The molecule has 6 nitrogen and oxygen atoms in total. The van der Waals surface area contributed by atoms with Gasteiger partial charge in [-0.15, -0.1) is 0 Å². The molecule has 0 bridgehead atoms. The summed E-state index contributed by atoms with van der Waals surface area (Å²) < 4.78 is 5.08. The molecule has 0 saturated heterocycles. The second kappa shape index (κ2) is 7.95. The lowest BCUT2D eigenvalue weighted by molar-refractivity contribution is 0.0943. The van der Waals surface area contributed by atoms with Crippen LogP contribution in [0.2, 0.25) is 5.02 Å². The van der Waals surface area contributed by atoms with Crippen LogP contribution in [0.3, 0.4) is 0 Å². The second-order valence-electron chi connectivity index (χ2n) is 4.49. The summed E-state index contributed by atoms with van der Waals surface area (Å²) in [5.41, 5.74) is 5.79. The Bertz CT molecular complexity index is 505. The highest BCUT2D eigenvalue weighted by Gasteiger charge is 2.21. The first kappa shape index (κ1) is 17.4. The van der Waals surface area contributed by atoms with Gasteiger partial charge in [-0.1, -0.05) is 25.4 Å². The molecule has 1 aromatic carbocycles. The summed E-state index contributed by atoms with van der Waals surface area (Å²) in [4.78, 5) is 14.4. The molecule has 1 aromatic rings. The number of carbonyl (C=O) groups excluding carboxylic acids is 1. The predicted octanol–water partition coefficient (Wildman–Crippen LogP) is 1.71. The number of nitrogens with one attached hydrogen (secondary N) is 1. The van der Waals surface area contributed by atoms with Crippen LogP contribution in [-0.4, -0.2) is 49.2 Å². The van der Waals surface area contributed by atoms with E-state index in [0.717, 1.165) is 19.6 Å². The van der Waals surface area contributed by atoms with Crippen LogP contribution in [0.1, 0.15) is 24.2 Å². The quantitative estimate of drug-likeness (QED) is 0.667. The minimum atomic E-state index is -0.446. The van der Waals surface area contributed by atoms with Crippen molar-refractivity contribution >= 4 is 23.2 Å². The summed E-state index contributed by atoms with van der Waals surface area (Å²) >= 11 is 5.87. The number of nitrogens with zero attached hydrogens (tertiary/aromatic N) is 1. The first-order valence-corrected chi connectivity index (χ1v) is 7.19. The Balaban J connectivity index is 2.85. The van der Waals surface area contributed by atoms with E-state index in [9.17, 15) is 9.90 Å². The molecular formula is C14H22ClN3O3. The Morgan fingerprint density at radius 1 is 1.48 bits per heavy atom. The maximum Gasteiger partial charge on any atom is 0.258 e. The van der Waals surface area contributed by atoms with E-state index in [2.05, 4.69) is 24.1 Å². The minimum Gasteiger partial charge on any atom is -0.505 e. The number of hydrogen-bond donors (Lipinski definition) is 3. The number of rotatable bonds is 7. The number of likely N-dealkylation sites (N-methyl/N-ethyl adjacent to an activating group) is 1. The van der Waals surface area contributed by atoms with E-state index >= 15 is 0 Å². The molecule has 0 radical (unpaired) electrons. The molecule has 0 atom stereocenters. The number of nitrogen functional groups attached to an aromatic ring is 1. The van der Waals surface area contributed by atoms with Crippen LogP contribution in [0.4, 0.5) is 5.69 Å². The first-order valence-electron chi connectivity index (χ1n) is 6.81. The van der Waals surface area contributed by atoms with Gasteiger partial charge in [0.15, 0.2) is 5.75 Å². The number of anilines is 1. The van der Waals surface area contributed by atoms with Gasteiger partial charge in [0.1, 0.15) is 16.3 Å². The van der Waals surface area contributed by atoms with Crippen molar-refractivity contribution in [2.75, 3.05) is 39.0 Å². The van der Waals surface area contributed by atoms with Crippen LogP contribution in [0, 0.1) is 0 Å². The molecule has 0 aromatic heterocycles. The molecule has 118 valence electrons. The summed E-state index contributed by atoms with van der Waals surface area (Å²) in [5, 5.41) is 12.7. The number of phenols is 1. The van der Waals surface area contributed by atoms with Crippen LogP contribution in [0.5, 0.6) is 11.5 Å². The lowest BCUT2D eigenvalue weighted by Gasteiger charge is -2.18. The average molecular weight is 316 g/mol. The third-order valence-corrected chi connectivity index (χ3v) is 3.68. The largest absolute Gasteiger partial charge is 0.505 e. The maximum absolute atomic E-state index is 12.2. The van der Waals surface area contributed by atoms with Crippen LogP contribution < -0.4 is 15.8 Å². The van der Waals surface area contributed by atoms with Gasteiger partial charge in [-0.05, 0) is 13.1 Å². The number of hydrogen-bond acceptors (Lipinski definition) is 5. The van der Waals surface area contributed by atoms with Crippen LogP contribution in [0.15, 0.2) is 6.07 Å². The number of methoxy groups -OCH3 is 1. The summed E-state index contributed by atoms with van der Waals surface area (Å²) in [6, 6.07) is 1.42. The van der Waals surface area contributed by atoms with Crippen molar-refractivity contribution in [2.45, 2.75) is 13.8 Å². The Labute approximate surface area is 129 Å². The Morgan fingerprint density at radius 3 is 2.62 bits per heavy atom. The molecule has 0 spiro atoms. The maximum atomic E-state index is 12.2. The zero-order valence-corrected chi connectivity index (χ0v) is 13.3. The van der Waals surface area contributed by atoms with E-state index in [1.807, 2.05) is 0 Å². The third kappa shape index (κ3) is 4.15. The van der Waals surface area contributed by atoms with Gasteiger partial charge >= 0.3 is 0 Å². The first-order chi connectivity index (χ1) is 9.96. The van der Waals surface area contributed by atoms with E-state index < -0.39 is 5.91 Å². The number of carbonyl (C=O) groups is 1. The van der Waals surface area contributed by atoms with Crippen molar-refractivity contribution in [3.8, 4) is 11.5 Å².